The van der Waals surface area contributed by atoms with E-state index >= 15 is 0 Å². The summed E-state index contributed by atoms with van der Waals surface area (Å²) >= 11 is 0. The van der Waals surface area contributed by atoms with Gasteiger partial charge in [0, 0.05) is 70.0 Å². The van der Waals surface area contributed by atoms with Gasteiger partial charge in [-0.05, 0) is 49.7 Å². The summed E-state index contributed by atoms with van der Waals surface area (Å²) in [6.07, 6.45) is 2.23. The van der Waals surface area contributed by atoms with Crippen LogP contribution in [-0.4, -0.2) is 98.1 Å². The second kappa shape index (κ2) is 11.5. The topological polar surface area (TPSA) is 68.4 Å². The highest BCUT2D eigenvalue weighted by molar-refractivity contribution is 5.83. The van der Waals surface area contributed by atoms with Crippen molar-refractivity contribution in [2.75, 3.05) is 58.3 Å². The molecule has 8 heteroatoms. The van der Waals surface area contributed by atoms with E-state index in [4.69, 9.17) is 4.74 Å². The van der Waals surface area contributed by atoms with E-state index in [1.54, 1.807) is 7.11 Å². The summed E-state index contributed by atoms with van der Waals surface area (Å²) in [6.45, 7) is 5.46. The molecule has 3 fully saturated rings. The number of rotatable bonds is 7. The molecule has 0 spiro atoms. The van der Waals surface area contributed by atoms with Gasteiger partial charge >= 0.3 is 0 Å². The van der Waals surface area contributed by atoms with Gasteiger partial charge in [0.25, 0.3) is 0 Å². The highest BCUT2D eigenvalue weighted by atomic mass is 16.5. The van der Waals surface area contributed by atoms with Crippen LogP contribution in [0.5, 0.6) is 5.75 Å². The van der Waals surface area contributed by atoms with E-state index in [1.165, 1.54) is 11.3 Å². The van der Waals surface area contributed by atoms with E-state index in [2.05, 4.69) is 63.5 Å². The first-order valence-electron chi connectivity index (χ1n) is 13.5. The fraction of sp³-hybridized carbons (Fsp3) is 0.517. The van der Waals surface area contributed by atoms with Gasteiger partial charge in [-0.15, -0.1) is 0 Å². The lowest BCUT2D eigenvalue weighted by Gasteiger charge is -2.37. The lowest BCUT2D eigenvalue weighted by molar-refractivity contribution is -0.132. The van der Waals surface area contributed by atoms with Crippen LogP contribution >= 0.6 is 0 Å². The van der Waals surface area contributed by atoms with Crippen molar-refractivity contribution in [2.45, 2.75) is 43.9 Å². The summed E-state index contributed by atoms with van der Waals surface area (Å²) in [6, 6.07) is 18.6. The van der Waals surface area contributed by atoms with E-state index in [-0.39, 0.29) is 29.9 Å². The van der Waals surface area contributed by atoms with Gasteiger partial charge in [0.2, 0.25) is 11.8 Å². The van der Waals surface area contributed by atoms with Crippen LogP contribution in [0.2, 0.25) is 0 Å². The molecule has 3 heterocycles. The maximum atomic E-state index is 13.1. The molecule has 37 heavy (non-hydrogen) atoms. The first-order chi connectivity index (χ1) is 18.0. The molecule has 1 N–H and O–H groups in total. The minimum absolute atomic E-state index is 0.105. The van der Waals surface area contributed by atoms with Crippen molar-refractivity contribution in [1.82, 2.24) is 20.0 Å². The first-order valence-corrected chi connectivity index (χ1v) is 13.5. The average Bonchev–Trinajstić information content (AvgIpc) is 3.32. The number of hydrogen-bond donors (Lipinski definition) is 1. The predicted octanol–water partition coefficient (Wildman–Crippen LogP) is 2.20. The van der Waals surface area contributed by atoms with Crippen molar-refractivity contribution >= 4 is 17.5 Å². The molecular weight excluding hydrogens is 466 g/mol. The number of para-hydroxylation sites is 1. The van der Waals surface area contributed by atoms with Gasteiger partial charge < -0.3 is 19.9 Å². The normalized spacial score (nSPS) is 24.9. The number of ether oxygens (including phenoxy) is 1. The summed E-state index contributed by atoms with van der Waals surface area (Å²) in [7, 11) is 3.80. The second-order valence-electron chi connectivity index (χ2n) is 10.4. The lowest BCUT2D eigenvalue weighted by Crippen LogP contribution is -2.50. The fourth-order valence-electron chi connectivity index (χ4n) is 6.09. The standard InChI is InChI=1S/C29H39N5O3/c1-31-24(10-13-27(35)33-18-16-32(17-19-33)23-6-4-3-5-7-23)20-30-29(36)28-26(31)14-15-34(28)21-22-8-11-25(37-2)12-9-22/h3-9,11-12,24,26,28H,10,13-21H2,1-2H3,(H,30,36). The van der Waals surface area contributed by atoms with Gasteiger partial charge in [-0.3, -0.25) is 19.4 Å². The quantitative estimate of drug-likeness (QED) is 0.622. The zero-order valence-electron chi connectivity index (χ0n) is 22.0. The van der Waals surface area contributed by atoms with E-state index in [0.29, 0.717) is 13.0 Å². The number of benzene rings is 2. The van der Waals surface area contributed by atoms with E-state index < -0.39 is 0 Å². The summed E-state index contributed by atoms with van der Waals surface area (Å²) in [4.78, 5) is 35.2. The number of fused-ring (bicyclic) bond motifs is 1. The van der Waals surface area contributed by atoms with Crippen molar-refractivity contribution in [3.63, 3.8) is 0 Å². The van der Waals surface area contributed by atoms with Crippen LogP contribution in [0.15, 0.2) is 54.6 Å². The molecule has 3 aliphatic heterocycles. The third-order valence-electron chi connectivity index (χ3n) is 8.34. The Morgan fingerprint density at radius 3 is 2.43 bits per heavy atom. The molecule has 198 valence electrons. The number of nitrogens with zero attached hydrogens (tertiary/aromatic N) is 4. The summed E-state index contributed by atoms with van der Waals surface area (Å²) in [5.41, 5.74) is 2.40. The van der Waals surface area contributed by atoms with Crippen LogP contribution in [0, 0.1) is 0 Å². The minimum Gasteiger partial charge on any atom is -0.497 e. The van der Waals surface area contributed by atoms with Crippen LogP contribution in [0.25, 0.3) is 0 Å². The molecular formula is C29H39N5O3. The van der Waals surface area contributed by atoms with Crippen molar-refractivity contribution in [3.8, 4) is 5.75 Å². The number of likely N-dealkylation sites (tertiary alicyclic amines) is 1. The molecule has 5 rings (SSSR count). The summed E-state index contributed by atoms with van der Waals surface area (Å²) in [5, 5.41) is 3.18. The minimum atomic E-state index is -0.168. The molecule has 2 aromatic carbocycles. The van der Waals surface area contributed by atoms with Crippen LogP contribution < -0.4 is 15.0 Å². The Morgan fingerprint density at radius 1 is 1.00 bits per heavy atom. The van der Waals surface area contributed by atoms with E-state index in [1.807, 2.05) is 23.1 Å². The lowest BCUT2D eigenvalue weighted by atomic mass is 10.0. The number of piperazine rings is 1. The Labute approximate surface area is 220 Å². The molecule has 3 saturated heterocycles. The molecule has 0 bridgehead atoms. The van der Waals surface area contributed by atoms with Gasteiger partial charge in [-0.2, -0.15) is 0 Å². The number of hydrogen-bond acceptors (Lipinski definition) is 6. The summed E-state index contributed by atoms with van der Waals surface area (Å²) in [5.74, 6) is 1.17. The van der Waals surface area contributed by atoms with Crippen LogP contribution in [0.3, 0.4) is 0 Å². The van der Waals surface area contributed by atoms with E-state index in [0.717, 1.165) is 57.9 Å². The number of carbonyl (C=O) groups is 2. The highest BCUT2D eigenvalue weighted by Crippen LogP contribution is 2.29. The van der Waals surface area contributed by atoms with Gasteiger partial charge in [0.15, 0.2) is 0 Å². The molecule has 3 unspecified atom stereocenters. The third-order valence-corrected chi connectivity index (χ3v) is 8.34. The Hall–Kier alpha value is -3.10. The first kappa shape index (κ1) is 25.5. The van der Waals surface area contributed by atoms with Crippen molar-refractivity contribution in [2.24, 2.45) is 0 Å². The van der Waals surface area contributed by atoms with Crippen LogP contribution in [0.4, 0.5) is 5.69 Å². The van der Waals surface area contributed by atoms with Crippen LogP contribution in [-0.2, 0) is 16.1 Å². The van der Waals surface area contributed by atoms with Crippen molar-refractivity contribution < 1.29 is 14.3 Å². The zero-order valence-corrected chi connectivity index (χ0v) is 22.0. The Kier molecular flexibility index (Phi) is 7.96. The molecule has 0 aliphatic carbocycles. The maximum Gasteiger partial charge on any atom is 0.239 e. The Bertz CT molecular complexity index is 1050. The Balaban J connectivity index is 1.14. The van der Waals surface area contributed by atoms with Gasteiger partial charge in [0.1, 0.15) is 11.8 Å². The fourth-order valence-corrected chi connectivity index (χ4v) is 6.09. The smallest absolute Gasteiger partial charge is 0.239 e. The molecule has 2 aromatic rings. The molecule has 8 nitrogen and oxygen atoms in total. The molecule has 0 radical (unpaired) electrons. The number of amides is 2. The Morgan fingerprint density at radius 2 is 1.73 bits per heavy atom. The van der Waals surface area contributed by atoms with Crippen molar-refractivity contribution in [3.05, 3.63) is 60.2 Å². The maximum absolute atomic E-state index is 13.1. The largest absolute Gasteiger partial charge is 0.497 e. The number of anilines is 1. The van der Waals surface area contributed by atoms with Gasteiger partial charge in [-0.25, -0.2) is 0 Å². The number of carbonyl (C=O) groups excluding carboxylic acids is 2. The van der Waals surface area contributed by atoms with Gasteiger partial charge in [0.05, 0.1) is 7.11 Å². The third kappa shape index (κ3) is 5.75. The zero-order chi connectivity index (χ0) is 25.8. The monoisotopic (exact) mass is 505 g/mol. The highest BCUT2D eigenvalue weighted by Gasteiger charge is 2.45. The molecule has 3 aliphatic rings. The second-order valence-corrected chi connectivity index (χ2v) is 10.4. The predicted molar refractivity (Wildman–Crippen MR) is 145 cm³/mol. The number of nitrogens with one attached hydrogen (secondary N) is 1. The van der Waals surface area contributed by atoms with Gasteiger partial charge in [-0.1, -0.05) is 30.3 Å². The average molecular weight is 506 g/mol. The number of methoxy groups -OCH3 is 1. The van der Waals surface area contributed by atoms with Crippen molar-refractivity contribution in [1.29, 1.82) is 0 Å². The van der Waals surface area contributed by atoms with Crippen LogP contribution in [0.1, 0.15) is 24.8 Å². The van der Waals surface area contributed by atoms with E-state index in [9.17, 15) is 9.59 Å². The molecule has 0 saturated carbocycles. The molecule has 2 amide bonds. The molecule has 3 atom stereocenters. The summed E-state index contributed by atoms with van der Waals surface area (Å²) < 4.78 is 5.27. The number of likely N-dealkylation sites (N-methyl/N-ethyl adjacent to an activating group) is 1. The SMILES string of the molecule is COc1ccc(CN2CCC3C2C(=O)NCC(CCC(=O)N2CCN(c4ccccc4)CC2)N3C)cc1. The molecule has 0 aromatic heterocycles.